The Kier molecular flexibility index (Phi) is 5.08. The Morgan fingerprint density at radius 2 is 2.22 bits per heavy atom. The third-order valence-corrected chi connectivity index (χ3v) is 2.51. The van der Waals surface area contributed by atoms with Crippen LogP contribution in [0.15, 0.2) is 18.2 Å². The van der Waals surface area contributed by atoms with Crippen molar-refractivity contribution >= 4 is 11.4 Å². The molecule has 0 saturated heterocycles. The van der Waals surface area contributed by atoms with Crippen LogP contribution in [0.3, 0.4) is 0 Å². The van der Waals surface area contributed by atoms with Gasteiger partial charge in [-0.25, -0.2) is 0 Å². The molecule has 6 heteroatoms. The molecule has 0 aliphatic rings. The topological polar surface area (TPSA) is 90.4 Å². The van der Waals surface area contributed by atoms with Crippen LogP contribution in [-0.2, 0) is 0 Å². The van der Waals surface area contributed by atoms with Crippen LogP contribution in [0.4, 0.5) is 11.4 Å². The molecule has 0 atom stereocenters. The lowest BCUT2D eigenvalue weighted by Crippen LogP contribution is -2.28. The zero-order valence-corrected chi connectivity index (χ0v) is 10.2. The SMILES string of the molecule is CCCN(CCO)c1ccc(C#N)cc1[N+](=O)[O-]. The Morgan fingerprint density at radius 1 is 1.50 bits per heavy atom. The van der Waals surface area contributed by atoms with Gasteiger partial charge < -0.3 is 10.0 Å². The summed E-state index contributed by atoms with van der Waals surface area (Å²) in [4.78, 5) is 12.3. The second-order valence-corrected chi connectivity index (χ2v) is 3.78. The first kappa shape index (κ1) is 13.9. The van der Waals surface area contributed by atoms with E-state index in [0.717, 1.165) is 6.42 Å². The minimum atomic E-state index is -0.504. The maximum absolute atomic E-state index is 11.0. The van der Waals surface area contributed by atoms with Crippen LogP contribution in [0.1, 0.15) is 18.9 Å². The van der Waals surface area contributed by atoms with Gasteiger partial charge in [-0.15, -0.1) is 0 Å². The number of nitrogens with zero attached hydrogens (tertiary/aromatic N) is 3. The van der Waals surface area contributed by atoms with Gasteiger partial charge in [0.15, 0.2) is 0 Å². The average molecular weight is 249 g/mol. The van der Waals surface area contributed by atoms with E-state index in [1.807, 2.05) is 13.0 Å². The molecule has 0 radical (unpaired) electrons. The highest BCUT2D eigenvalue weighted by Crippen LogP contribution is 2.29. The molecule has 0 fully saturated rings. The van der Waals surface area contributed by atoms with Crippen LogP contribution < -0.4 is 4.90 Å². The minimum absolute atomic E-state index is 0.0723. The number of benzene rings is 1. The highest BCUT2D eigenvalue weighted by molar-refractivity contribution is 5.65. The highest BCUT2D eigenvalue weighted by Gasteiger charge is 2.19. The Bertz CT molecular complexity index is 462. The summed E-state index contributed by atoms with van der Waals surface area (Å²) in [6, 6.07) is 6.24. The Labute approximate surface area is 105 Å². The van der Waals surface area contributed by atoms with Crippen LogP contribution >= 0.6 is 0 Å². The molecule has 0 amide bonds. The zero-order valence-electron chi connectivity index (χ0n) is 10.2. The third kappa shape index (κ3) is 3.18. The molecular formula is C12H15N3O3. The lowest BCUT2D eigenvalue weighted by molar-refractivity contribution is -0.384. The van der Waals surface area contributed by atoms with Crippen LogP contribution in [0.25, 0.3) is 0 Å². The zero-order chi connectivity index (χ0) is 13.5. The molecule has 0 unspecified atom stereocenters. The maximum Gasteiger partial charge on any atom is 0.293 e. The predicted molar refractivity (Wildman–Crippen MR) is 67.4 cm³/mol. The van der Waals surface area contributed by atoms with E-state index < -0.39 is 4.92 Å². The van der Waals surface area contributed by atoms with Crippen molar-refractivity contribution in [3.8, 4) is 6.07 Å². The van der Waals surface area contributed by atoms with Crippen molar-refractivity contribution in [2.24, 2.45) is 0 Å². The number of aliphatic hydroxyl groups excluding tert-OH is 1. The number of nitro benzene ring substituents is 1. The predicted octanol–water partition coefficient (Wildman–Crippen LogP) is 1.68. The van der Waals surface area contributed by atoms with E-state index in [4.69, 9.17) is 10.4 Å². The van der Waals surface area contributed by atoms with Crippen molar-refractivity contribution in [2.45, 2.75) is 13.3 Å². The van der Waals surface area contributed by atoms with Crippen molar-refractivity contribution in [2.75, 3.05) is 24.6 Å². The number of hydrogen-bond donors (Lipinski definition) is 1. The van der Waals surface area contributed by atoms with Gasteiger partial charge in [0.05, 0.1) is 23.2 Å². The van der Waals surface area contributed by atoms with Crippen LogP contribution in [-0.4, -0.2) is 29.7 Å². The van der Waals surface area contributed by atoms with Gasteiger partial charge >= 0.3 is 0 Å². The minimum Gasteiger partial charge on any atom is -0.395 e. The molecule has 0 saturated carbocycles. The van der Waals surface area contributed by atoms with Gasteiger partial charge in [-0.3, -0.25) is 10.1 Å². The number of rotatable bonds is 6. The summed E-state index contributed by atoms with van der Waals surface area (Å²) in [6.45, 7) is 2.84. The fourth-order valence-corrected chi connectivity index (χ4v) is 1.75. The summed E-state index contributed by atoms with van der Waals surface area (Å²) in [5, 5.41) is 28.8. The van der Waals surface area contributed by atoms with E-state index in [2.05, 4.69) is 0 Å². The molecule has 1 N–H and O–H groups in total. The van der Waals surface area contributed by atoms with Gasteiger partial charge in [0.2, 0.25) is 0 Å². The average Bonchev–Trinajstić information content (AvgIpc) is 2.37. The number of aliphatic hydroxyl groups is 1. The van der Waals surface area contributed by atoms with E-state index in [1.54, 1.807) is 17.0 Å². The summed E-state index contributed by atoms with van der Waals surface area (Å²) < 4.78 is 0. The van der Waals surface area contributed by atoms with Crippen molar-refractivity contribution in [3.63, 3.8) is 0 Å². The standard InChI is InChI=1S/C12H15N3O3/c1-2-5-14(6-7-16)11-4-3-10(9-13)8-12(11)15(17)18/h3-4,8,16H,2,5-7H2,1H3. The fourth-order valence-electron chi connectivity index (χ4n) is 1.75. The third-order valence-electron chi connectivity index (χ3n) is 2.51. The Balaban J connectivity index is 3.20. The number of anilines is 1. The molecule has 0 bridgehead atoms. The monoisotopic (exact) mass is 249 g/mol. The lowest BCUT2D eigenvalue weighted by atomic mass is 10.1. The van der Waals surface area contributed by atoms with Crippen LogP contribution in [0, 0.1) is 21.4 Å². The summed E-state index contributed by atoms with van der Waals surface area (Å²) in [6.07, 6.45) is 0.817. The van der Waals surface area contributed by atoms with Crippen molar-refractivity contribution in [3.05, 3.63) is 33.9 Å². The van der Waals surface area contributed by atoms with Gasteiger partial charge in [0.25, 0.3) is 5.69 Å². The highest BCUT2D eigenvalue weighted by atomic mass is 16.6. The summed E-state index contributed by atoms with van der Waals surface area (Å²) in [5.74, 6) is 0. The quantitative estimate of drug-likeness (QED) is 0.611. The molecule has 1 aromatic carbocycles. The van der Waals surface area contributed by atoms with E-state index >= 15 is 0 Å². The first-order chi connectivity index (χ1) is 8.63. The molecule has 0 aromatic heterocycles. The Morgan fingerprint density at radius 3 is 2.72 bits per heavy atom. The molecule has 0 aliphatic carbocycles. The van der Waals surface area contributed by atoms with Crippen LogP contribution in [0.2, 0.25) is 0 Å². The van der Waals surface area contributed by atoms with E-state index in [9.17, 15) is 10.1 Å². The van der Waals surface area contributed by atoms with E-state index in [0.29, 0.717) is 18.8 Å². The van der Waals surface area contributed by atoms with Gasteiger partial charge in [-0.1, -0.05) is 6.92 Å². The molecule has 1 aromatic rings. The first-order valence-electron chi connectivity index (χ1n) is 5.68. The van der Waals surface area contributed by atoms with Gasteiger partial charge in [-0.2, -0.15) is 5.26 Å². The smallest absolute Gasteiger partial charge is 0.293 e. The largest absolute Gasteiger partial charge is 0.395 e. The number of nitriles is 1. The summed E-state index contributed by atoms with van der Waals surface area (Å²) in [5.41, 5.74) is 0.594. The first-order valence-corrected chi connectivity index (χ1v) is 5.68. The molecule has 0 heterocycles. The van der Waals surface area contributed by atoms with E-state index in [-0.39, 0.29) is 17.9 Å². The molecule has 1 rings (SSSR count). The second kappa shape index (κ2) is 6.57. The molecule has 6 nitrogen and oxygen atoms in total. The van der Waals surface area contributed by atoms with Crippen LogP contribution in [0.5, 0.6) is 0 Å². The van der Waals surface area contributed by atoms with Crippen molar-refractivity contribution < 1.29 is 10.0 Å². The Hall–Kier alpha value is -2.13. The van der Waals surface area contributed by atoms with E-state index in [1.165, 1.54) is 6.07 Å². The molecule has 0 aliphatic heterocycles. The summed E-state index contributed by atoms with van der Waals surface area (Å²) in [7, 11) is 0. The number of hydrogen-bond acceptors (Lipinski definition) is 5. The van der Waals surface area contributed by atoms with Gasteiger partial charge in [0.1, 0.15) is 5.69 Å². The van der Waals surface area contributed by atoms with Gasteiger partial charge in [-0.05, 0) is 18.6 Å². The molecular weight excluding hydrogens is 234 g/mol. The lowest BCUT2D eigenvalue weighted by Gasteiger charge is -2.22. The fraction of sp³-hybridized carbons (Fsp3) is 0.417. The number of nitro groups is 1. The maximum atomic E-state index is 11.0. The molecule has 18 heavy (non-hydrogen) atoms. The van der Waals surface area contributed by atoms with Gasteiger partial charge in [0, 0.05) is 19.2 Å². The molecule has 0 spiro atoms. The normalized spacial score (nSPS) is 9.83. The van der Waals surface area contributed by atoms with Crippen molar-refractivity contribution in [1.29, 1.82) is 5.26 Å². The summed E-state index contributed by atoms with van der Waals surface area (Å²) >= 11 is 0. The molecule has 96 valence electrons. The second-order valence-electron chi connectivity index (χ2n) is 3.78. The van der Waals surface area contributed by atoms with Crippen molar-refractivity contribution in [1.82, 2.24) is 0 Å².